The molecule has 0 aromatic carbocycles. The standard InChI is InChI=1S/C11H16ClN3O/c1-2-9-10(12)13-7-14-11(9)15-8-4-3-5-16-6-8/h7-8H,2-6H2,1H3,(H,13,14,15). The van der Waals surface area contributed by atoms with Crippen molar-refractivity contribution in [3.8, 4) is 0 Å². The second-order valence-corrected chi connectivity index (χ2v) is 4.26. The third kappa shape index (κ3) is 2.62. The van der Waals surface area contributed by atoms with Crippen molar-refractivity contribution in [3.05, 3.63) is 17.0 Å². The third-order valence-corrected chi connectivity index (χ3v) is 3.07. The van der Waals surface area contributed by atoms with Gasteiger partial charge in [-0.2, -0.15) is 0 Å². The van der Waals surface area contributed by atoms with Gasteiger partial charge in [0, 0.05) is 12.2 Å². The third-order valence-electron chi connectivity index (χ3n) is 2.75. The van der Waals surface area contributed by atoms with Crippen LogP contribution in [0.15, 0.2) is 6.33 Å². The largest absolute Gasteiger partial charge is 0.379 e. The Labute approximate surface area is 100 Å². The summed E-state index contributed by atoms with van der Waals surface area (Å²) in [5, 5.41) is 3.92. The number of nitrogens with one attached hydrogen (secondary N) is 1. The van der Waals surface area contributed by atoms with Crippen LogP contribution in [0.3, 0.4) is 0 Å². The summed E-state index contributed by atoms with van der Waals surface area (Å²) in [5.74, 6) is 0.845. The molecule has 4 nitrogen and oxygen atoms in total. The summed E-state index contributed by atoms with van der Waals surface area (Å²) in [4.78, 5) is 8.23. The number of ether oxygens (including phenoxy) is 1. The Hall–Kier alpha value is -0.870. The van der Waals surface area contributed by atoms with Gasteiger partial charge in [-0.05, 0) is 19.3 Å². The molecule has 5 heteroatoms. The minimum Gasteiger partial charge on any atom is -0.379 e. The molecule has 1 fully saturated rings. The van der Waals surface area contributed by atoms with Crippen LogP contribution >= 0.6 is 11.6 Å². The first-order valence-corrected chi connectivity index (χ1v) is 6.02. The highest BCUT2D eigenvalue weighted by molar-refractivity contribution is 6.30. The minimum absolute atomic E-state index is 0.338. The molecular weight excluding hydrogens is 226 g/mol. The predicted molar refractivity (Wildman–Crippen MR) is 63.9 cm³/mol. The Balaban J connectivity index is 2.10. The monoisotopic (exact) mass is 241 g/mol. The lowest BCUT2D eigenvalue weighted by Crippen LogP contribution is -2.30. The Kier molecular flexibility index (Phi) is 3.96. The molecule has 0 aliphatic carbocycles. The Bertz CT molecular complexity index is 353. The van der Waals surface area contributed by atoms with Crippen LogP contribution < -0.4 is 5.32 Å². The highest BCUT2D eigenvalue weighted by Gasteiger charge is 2.16. The molecule has 0 spiro atoms. The fourth-order valence-electron chi connectivity index (χ4n) is 1.88. The number of halogens is 1. The molecule has 2 heterocycles. The fraction of sp³-hybridized carbons (Fsp3) is 0.636. The topological polar surface area (TPSA) is 47.0 Å². The molecule has 0 bridgehead atoms. The van der Waals surface area contributed by atoms with Crippen LogP contribution in [0.1, 0.15) is 25.3 Å². The van der Waals surface area contributed by atoms with Crippen LogP contribution in [0.2, 0.25) is 5.15 Å². The van der Waals surface area contributed by atoms with Gasteiger partial charge in [0.15, 0.2) is 0 Å². The molecule has 0 saturated carbocycles. The second kappa shape index (κ2) is 5.46. The zero-order valence-electron chi connectivity index (χ0n) is 9.37. The van der Waals surface area contributed by atoms with Crippen molar-refractivity contribution in [2.45, 2.75) is 32.2 Å². The van der Waals surface area contributed by atoms with Crippen molar-refractivity contribution in [2.75, 3.05) is 18.5 Å². The van der Waals surface area contributed by atoms with E-state index in [-0.39, 0.29) is 0 Å². The molecule has 0 radical (unpaired) electrons. The molecule has 16 heavy (non-hydrogen) atoms. The van der Waals surface area contributed by atoms with E-state index in [0.717, 1.165) is 43.9 Å². The van der Waals surface area contributed by atoms with Crippen LogP contribution in [0, 0.1) is 0 Å². The predicted octanol–water partition coefficient (Wildman–Crippen LogP) is 2.28. The smallest absolute Gasteiger partial charge is 0.137 e. The summed E-state index contributed by atoms with van der Waals surface area (Å²) in [6.45, 7) is 3.65. The number of hydrogen-bond acceptors (Lipinski definition) is 4. The summed E-state index contributed by atoms with van der Waals surface area (Å²) < 4.78 is 5.42. The number of anilines is 1. The van der Waals surface area contributed by atoms with E-state index in [9.17, 15) is 0 Å². The molecule has 1 atom stereocenters. The summed E-state index contributed by atoms with van der Waals surface area (Å²) in [7, 11) is 0. The van der Waals surface area contributed by atoms with Crippen LogP contribution in [0.4, 0.5) is 5.82 Å². The van der Waals surface area contributed by atoms with Crippen LogP contribution in [0.5, 0.6) is 0 Å². The molecule has 1 aromatic heterocycles. The summed E-state index contributed by atoms with van der Waals surface area (Å²) in [6.07, 6.45) is 4.53. The number of aromatic nitrogens is 2. The zero-order valence-corrected chi connectivity index (χ0v) is 10.1. The summed E-state index contributed by atoms with van der Waals surface area (Å²) in [6, 6.07) is 0.338. The van der Waals surface area contributed by atoms with Crippen molar-refractivity contribution >= 4 is 17.4 Å². The molecule has 2 rings (SSSR count). The lowest BCUT2D eigenvalue weighted by Gasteiger charge is -2.24. The number of nitrogens with zero attached hydrogens (tertiary/aromatic N) is 2. The average Bonchev–Trinajstić information content (AvgIpc) is 2.31. The molecule has 1 N–H and O–H groups in total. The number of hydrogen-bond donors (Lipinski definition) is 1. The van der Waals surface area contributed by atoms with Gasteiger partial charge in [0.25, 0.3) is 0 Å². The van der Waals surface area contributed by atoms with E-state index >= 15 is 0 Å². The van der Waals surface area contributed by atoms with Crippen LogP contribution in [0.25, 0.3) is 0 Å². The molecule has 1 aliphatic heterocycles. The summed E-state index contributed by atoms with van der Waals surface area (Å²) in [5.41, 5.74) is 0.981. The van der Waals surface area contributed by atoms with Gasteiger partial charge in [0.05, 0.1) is 12.6 Å². The Morgan fingerprint density at radius 3 is 3.12 bits per heavy atom. The lowest BCUT2D eigenvalue weighted by atomic mass is 10.1. The normalized spacial score (nSPS) is 20.8. The van der Waals surface area contributed by atoms with Gasteiger partial charge in [-0.3, -0.25) is 0 Å². The maximum absolute atomic E-state index is 6.02. The Morgan fingerprint density at radius 2 is 2.44 bits per heavy atom. The van der Waals surface area contributed by atoms with Crippen molar-refractivity contribution in [1.29, 1.82) is 0 Å². The van der Waals surface area contributed by atoms with E-state index in [0.29, 0.717) is 11.2 Å². The zero-order chi connectivity index (χ0) is 11.4. The number of rotatable bonds is 3. The second-order valence-electron chi connectivity index (χ2n) is 3.90. The van der Waals surface area contributed by atoms with Gasteiger partial charge in [0.1, 0.15) is 17.3 Å². The van der Waals surface area contributed by atoms with E-state index in [4.69, 9.17) is 16.3 Å². The highest BCUT2D eigenvalue weighted by atomic mass is 35.5. The Morgan fingerprint density at radius 1 is 1.56 bits per heavy atom. The first-order chi connectivity index (χ1) is 7.81. The lowest BCUT2D eigenvalue weighted by molar-refractivity contribution is 0.0875. The van der Waals surface area contributed by atoms with Gasteiger partial charge >= 0.3 is 0 Å². The van der Waals surface area contributed by atoms with Crippen molar-refractivity contribution in [2.24, 2.45) is 0 Å². The van der Waals surface area contributed by atoms with Gasteiger partial charge in [-0.25, -0.2) is 9.97 Å². The molecule has 1 saturated heterocycles. The van der Waals surface area contributed by atoms with Crippen LogP contribution in [-0.2, 0) is 11.2 Å². The van der Waals surface area contributed by atoms with Gasteiger partial charge in [-0.1, -0.05) is 18.5 Å². The van der Waals surface area contributed by atoms with E-state index in [1.165, 1.54) is 6.33 Å². The molecule has 1 aliphatic rings. The maximum Gasteiger partial charge on any atom is 0.137 e. The highest BCUT2D eigenvalue weighted by Crippen LogP contribution is 2.22. The van der Waals surface area contributed by atoms with Crippen molar-refractivity contribution < 1.29 is 4.74 Å². The van der Waals surface area contributed by atoms with E-state index < -0.39 is 0 Å². The SMILES string of the molecule is CCc1c(Cl)ncnc1NC1CCCOC1. The van der Waals surface area contributed by atoms with Gasteiger partial charge < -0.3 is 10.1 Å². The van der Waals surface area contributed by atoms with E-state index in [1.807, 2.05) is 6.92 Å². The first kappa shape index (κ1) is 11.6. The van der Waals surface area contributed by atoms with E-state index in [2.05, 4.69) is 15.3 Å². The molecule has 1 unspecified atom stereocenters. The molecule has 0 amide bonds. The molecule has 88 valence electrons. The molecular formula is C11H16ClN3O. The fourth-order valence-corrected chi connectivity index (χ4v) is 2.14. The summed E-state index contributed by atoms with van der Waals surface area (Å²) >= 11 is 6.02. The molecule has 1 aromatic rings. The van der Waals surface area contributed by atoms with Crippen LogP contribution in [-0.4, -0.2) is 29.2 Å². The first-order valence-electron chi connectivity index (χ1n) is 5.65. The average molecular weight is 242 g/mol. The maximum atomic E-state index is 6.02. The van der Waals surface area contributed by atoms with Gasteiger partial charge in [-0.15, -0.1) is 0 Å². The van der Waals surface area contributed by atoms with E-state index in [1.54, 1.807) is 0 Å². The minimum atomic E-state index is 0.338. The van der Waals surface area contributed by atoms with Crippen molar-refractivity contribution in [3.63, 3.8) is 0 Å². The van der Waals surface area contributed by atoms with Crippen molar-refractivity contribution in [1.82, 2.24) is 9.97 Å². The van der Waals surface area contributed by atoms with Gasteiger partial charge in [0.2, 0.25) is 0 Å². The quantitative estimate of drug-likeness (QED) is 0.825.